The van der Waals surface area contributed by atoms with Crippen LogP contribution >= 0.6 is 0 Å². The molecule has 4 nitrogen and oxygen atoms in total. The number of carbonyl (C=O) groups is 3. The van der Waals surface area contributed by atoms with E-state index in [0.29, 0.717) is 0 Å². The summed E-state index contributed by atoms with van der Waals surface area (Å²) in [5.41, 5.74) is 0. The van der Waals surface area contributed by atoms with Crippen LogP contribution in [0.2, 0.25) is 0 Å². The first-order valence-electron chi connectivity index (χ1n) is 1.25. The molecule has 0 heterocycles. The summed E-state index contributed by atoms with van der Waals surface area (Å²) in [4.78, 5) is 27.8. The molecule has 0 aromatic rings. The minimum absolute atomic E-state index is 0. The zero-order valence-corrected chi connectivity index (χ0v) is 3.59. The molecule has 0 aromatic carbocycles. The number of hydrogen-bond donors (Lipinski definition) is 1. The molecule has 0 saturated heterocycles. The van der Waals surface area contributed by atoms with Crippen molar-refractivity contribution in [2.24, 2.45) is 0 Å². The van der Waals surface area contributed by atoms with E-state index in [2.05, 4.69) is 0 Å². The number of aldehydes is 2. The van der Waals surface area contributed by atoms with E-state index in [1.165, 1.54) is 0 Å². The van der Waals surface area contributed by atoms with Crippen molar-refractivity contribution >= 4 is 18.4 Å². The molecule has 0 unspecified atom stereocenters. The van der Waals surface area contributed by atoms with Gasteiger partial charge < -0.3 is 6.15 Å². The first-order valence-corrected chi connectivity index (χ1v) is 1.25. The second-order valence-corrected chi connectivity index (χ2v) is 0.638. The highest BCUT2D eigenvalue weighted by molar-refractivity contribution is 6.50. The fourth-order valence-electron chi connectivity index (χ4n) is 0.0278. The molecule has 0 rings (SSSR count). The highest BCUT2D eigenvalue weighted by Gasteiger charge is 1.87. The summed E-state index contributed by atoms with van der Waals surface area (Å²) in [5.74, 6) is -1.02. The van der Waals surface area contributed by atoms with E-state index in [1.807, 2.05) is 0 Å². The summed E-state index contributed by atoms with van der Waals surface area (Å²) in [6.45, 7) is 0. The van der Waals surface area contributed by atoms with Gasteiger partial charge in [-0.25, -0.2) is 0 Å². The zero-order valence-electron chi connectivity index (χ0n) is 3.59. The Labute approximate surface area is 40.1 Å². The Morgan fingerprint density at radius 3 is 1.43 bits per heavy atom. The van der Waals surface area contributed by atoms with Crippen LogP contribution in [0.5, 0.6) is 0 Å². The fraction of sp³-hybridized carbons (Fsp3) is 0. The van der Waals surface area contributed by atoms with Gasteiger partial charge in [-0.2, -0.15) is 0 Å². The van der Waals surface area contributed by atoms with Crippen LogP contribution in [0, 0.1) is 0 Å². The number of carbonyl (C=O) groups excluding carboxylic acids is 3. The molecule has 0 aliphatic carbocycles. The molecular weight excluding hydrogens is 98.0 g/mol. The van der Waals surface area contributed by atoms with Gasteiger partial charge in [0.05, 0.1) is 0 Å². The van der Waals surface area contributed by atoms with Gasteiger partial charge in [0.25, 0.3) is 5.78 Å². The smallest absolute Gasteiger partial charge is 0.257 e. The third-order valence-corrected chi connectivity index (χ3v) is 0.232. The van der Waals surface area contributed by atoms with Crippen molar-refractivity contribution < 1.29 is 14.4 Å². The van der Waals surface area contributed by atoms with E-state index in [4.69, 9.17) is 9.59 Å². The van der Waals surface area contributed by atoms with Crippen molar-refractivity contribution in [1.29, 1.82) is 0 Å². The molecule has 0 fully saturated rings. The van der Waals surface area contributed by atoms with Gasteiger partial charge >= 0.3 is 0 Å². The van der Waals surface area contributed by atoms with Gasteiger partial charge in [-0.1, -0.05) is 0 Å². The highest BCUT2D eigenvalue weighted by Crippen LogP contribution is 1.45. The van der Waals surface area contributed by atoms with Gasteiger partial charge in [0.2, 0.25) is 0 Å². The van der Waals surface area contributed by atoms with Crippen molar-refractivity contribution in [1.82, 2.24) is 6.15 Å². The van der Waals surface area contributed by atoms with Gasteiger partial charge in [0.15, 0.2) is 12.6 Å². The molecule has 7 heavy (non-hydrogen) atoms. The molecule has 0 aliphatic heterocycles. The monoisotopic (exact) mass is 103 g/mol. The Bertz CT molecular complexity index is 78.2. The maximum atomic E-state index is 9.44. The normalized spacial score (nSPS) is 5.71. The summed E-state index contributed by atoms with van der Waals surface area (Å²) < 4.78 is 0. The first-order chi connectivity index (χ1) is 2.81. The minimum Gasteiger partial charge on any atom is -0.344 e. The first kappa shape index (κ1) is 9.36. The molecule has 40 valence electrons. The summed E-state index contributed by atoms with van der Waals surface area (Å²) in [7, 11) is 0. The standard InChI is InChI=1S/C3H2O3.H3N/c4-1-3(6)2-5;/h1-2H;1H3. The Kier molecular flexibility index (Phi) is 6.64. The number of Topliss-reactive ketones (excluding diaryl/α,β-unsaturated/α-hetero) is 1. The van der Waals surface area contributed by atoms with Crippen LogP contribution in [0.25, 0.3) is 0 Å². The van der Waals surface area contributed by atoms with Gasteiger partial charge in [-0.15, -0.1) is 0 Å². The average Bonchev–Trinajstić information content (AvgIpc) is 1.65. The summed E-state index contributed by atoms with van der Waals surface area (Å²) in [6, 6.07) is 0. The number of rotatable bonds is 2. The van der Waals surface area contributed by atoms with E-state index in [0.717, 1.165) is 0 Å². The number of hydrogen-bond acceptors (Lipinski definition) is 4. The molecule has 0 spiro atoms. The summed E-state index contributed by atoms with van der Waals surface area (Å²) >= 11 is 0. The van der Waals surface area contributed by atoms with E-state index >= 15 is 0 Å². The van der Waals surface area contributed by atoms with E-state index in [1.54, 1.807) is 0 Å². The molecule has 0 aliphatic rings. The van der Waals surface area contributed by atoms with Gasteiger partial charge in [-0.05, 0) is 0 Å². The largest absolute Gasteiger partial charge is 0.344 e. The van der Waals surface area contributed by atoms with Crippen LogP contribution in [0.15, 0.2) is 0 Å². The predicted molar refractivity (Wildman–Crippen MR) is 22.2 cm³/mol. The SMILES string of the molecule is N.O=CC(=O)C=O. The molecule has 0 saturated carbocycles. The van der Waals surface area contributed by atoms with E-state index < -0.39 is 5.78 Å². The van der Waals surface area contributed by atoms with Crippen molar-refractivity contribution in [3.63, 3.8) is 0 Å². The second kappa shape index (κ2) is 4.97. The van der Waals surface area contributed by atoms with E-state index in [9.17, 15) is 4.79 Å². The Morgan fingerprint density at radius 1 is 1.14 bits per heavy atom. The number of ketones is 1. The van der Waals surface area contributed by atoms with Crippen LogP contribution in [0.4, 0.5) is 0 Å². The molecule has 0 radical (unpaired) electrons. The van der Waals surface area contributed by atoms with E-state index in [-0.39, 0.29) is 18.7 Å². The van der Waals surface area contributed by atoms with Crippen molar-refractivity contribution in [3.05, 3.63) is 0 Å². The predicted octanol–water partition coefficient (Wildman–Crippen LogP) is -0.885. The maximum absolute atomic E-state index is 9.44. The van der Waals surface area contributed by atoms with Crippen LogP contribution in [0.1, 0.15) is 0 Å². The Morgan fingerprint density at radius 2 is 1.43 bits per heavy atom. The van der Waals surface area contributed by atoms with Crippen LogP contribution in [-0.4, -0.2) is 18.4 Å². The fourth-order valence-corrected chi connectivity index (χ4v) is 0.0278. The Balaban J connectivity index is 0. The molecule has 0 atom stereocenters. The molecule has 3 N–H and O–H groups in total. The average molecular weight is 103 g/mol. The third kappa shape index (κ3) is 4.97. The highest BCUT2D eigenvalue weighted by atomic mass is 16.2. The summed E-state index contributed by atoms with van der Waals surface area (Å²) in [5, 5.41) is 0. The van der Waals surface area contributed by atoms with Crippen LogP contribution in [-0.2, 0) is 14.4 Å². The molecule has 0 amide bonds. The lowest BCUT2D eigenvalue weighted by Gasteiger charge is -1.58. The van der Waals surface area contributed by atoms with Crippen molar-refractivity contribution in [2.75, 3.05) is 0 Å². The quantitative estimate of drug-likeness (QED) is 0.279. The topological polar surface area (TPSA) is 86.2 Å². The minimum atomic E-state index is -1.02. The van der Waals surface area contributed by atoms with Crippen molar-refractivity contribution in [3.8, 4) is 0 Å². The van der Waals surface area contributed by atoms with Gasteiger partial charge in [0, 0.05) is 0 Å². The zero-order chi connectivity index (χ0) is 4.99. The third-order valence-electron chi connectivity index (χ3n) is 0.232. The van der Waals surface area contributed by atoms with Crippen LogP contribution in [0.3, 0.4) is 0 Å². The van der Waals surface area contributed by atoms with Crippen LogP contribution < -0.4 is 6.15 Å². The molecule has 4 heteroatoms. The molecule has 0 aromatic heterocycles. The lowest BCUT2D eigenvalue weighted by molar-refractivity contribution is -0.135. The second-order valence-electron chi connectivity index (χ2n) is 0.638. The maximum Gasteiger partial charge on any atom is 0.257 e. The van der Waals surface area contributed by atoms with Gasteiger partial charge in [-0.3, -0.25) is 14.4 Å². The lowest BCUT2D eigenvalue weighted by atomic mass is 10.5. The van der Waals surface area contributed by atoms with Gasteiger partial charge in [0.1, 0.15) is 0 Å². The lowest BCUT2D eigenvalue weighted by Crippen LogP contribution is -1.97. The molecular formula is C3H5NO3. The summed E-state index contributed by atoms with van der Waals surface area (Å²) in [6.07, 6.45) is -0.0694. The van der Waals surface area contributed by atoms with Crippen molar-refractivity contribution in [2.45, 2.75) is 0 Å². The molecule has 0 bridgehead atoms. The Hall–Kier alpha value is -1.03.